The highest BCUT2D eigenvalue weighted by Crippen LogP contribution is 2.57. The van der Waals surface area contributed by atoms with Gasteiger partial charge in [-0.2, -0.15) is 0 Å². The summed E-state index contributed by atoms with van der Waals surface area (Å²) in [6, 6.07) is 0. The fraction of sp³-hybridized carbons (Fsp3) is 0.889. The van der Waals surface area contributed by atoms with Crippen LogP contribution in [0.15, 0.2) is 0 Å². The van der Waals surface area contributed by atoms with Crippen molar-refractivity contribution in [3.63, 3.8) is 0 Å². The molecule has 0 saturated heterocycles. The van der Waals surface area contributed by atoms with E-state index in [4.69, 9.17) is 16.7 Å². The molecule has 0 aromatic heterocycles. The summed E-state index contributed by atoms with van der Waals surface area (Å²) in [6.07, 6.45) is 3.20. The number of hydrogen-bond acceptors (Lipinski definition) is 1. The molecule has 2 aliphatic carbocycles. The van der Waals surface area contributed by atoms with E-state index in [9.17, 15) is 4.79 Å². The van der Waals surface area contributed by atoms with Gasteiger partial charge in [0.2, 0.25) is 0 Å². The topological polar surface area (TPSA) is 37.3 Å². The number of carboxylic acids is 1. The predicted octanol–water partition coefficient (Wildman–Crippen LogP) is 2.11. The number of fused-ring (bicyclic) bond motifs is 2. The van der Waals surface area contributed by atoms with E-state index < -0.39 is 10.8 Å². The van der Waals surface area contributed by atoms with Gasteiger partial charge in [0.15, 0.2) is 0 Å². The van der Waals surface area contributed by atoms with Crippen molar-refractivity contribution in [1.29, 1.82) is 0 Å². The minimum absolute atomic E-state index is 0.149. The summed E-state index contributed by atoms with van der Waals surface area (Å²) in [4.78, 5) is 10.1. The summed E-state index contributed by atoms with van der Waals surface area (Å²) in [5, 5.41) is 9.03. The Balaban J connectivity index is 2.32. The van der Waals surface area contributed by atoms with Crippen molar-refractivity contribution in [2.75, 3.05) is 0 Å². The van der Waals surface area contributed by atoms with Crippen molar-refractivity contribution in [2.24, 2.45) is 17.8 Å². The zero-order chi connectivity index (χ0) is 8.93. The van der Waals surface area contributed by atoms with Gasteiger partial charge in [-0.3, -0.25) is 4.79 Å². The number of aliphatic carboxylic acids is 1. The Bertz CT molecular complexity index is 225. The van der Waals surface area contributed by atoms with E-state index in [0.717, 1.165) is 12.8 Å². The van der Waals surface area contributed by atoms with Gasteiger partial charge in [-0.15, -0.1) is 11.6 Å². The molecular weight excluding hydrogens is 176 g/mol. The zero-order valence-electron chi connectivity index (χ0n) is 7.09. The SMILES string of the molecule is C[C@@H]1[C@H]2CC[C@H](C2)[C@]1(Cl)C(=O)O. The van der Waals surface area contributed by atoms with Crippen molar-refractivity contribution in [3.8, 4) is 0 Å². The van der Waals surface area contributed by atoms with E-state index in [-0.39, 0.29) is 11.8 Å². The monoisotopic (exact) mass is 188 g/mol. The maximum atomic E-state index is 11.0. The van der Waals surface area contributed by atoms with Crippen LogP contribution < -0.4 is 0 Å². The Kier molecular flexibility index (Phi) is 1.66. The molecule has 2 nitrogen and oxygen atoms in total. The van der Waals surface area contributed by atoms with E-state index >= 15 is 0 Å². The lowest BCUT2D eigenvalue weighted by molar-refractivity contribution is -0.143. The van der Waals surface area contributed by atoms with E-state index in [0.29, 0.717) is 5.92 Å². The number of carbonyl (C=O) groups is 1. The van der Waals surface area contributed by atoms with E-state index in [1.165, 1.54) is 6.42 Å². The third-order valence-corrected chi connectivity index (χ3v) is 4.58. The van der Waals surface area contributed by atoms with Crippen molar-refractivity contribution >= 4 is 17.6 Å². The summed E-state index contributed by atoms with van der Waals surface area (Å²) in [6.45, 7) is 1.98. The van der Waals surface area contributed by atoms with Gasteiger partial charge >= 0.3 is 5.97 Å². The maximum absolute atomic E-state index is 11.0. The summed E-state index contributed by atoms with van der Waals surface area (Å²) in [7, 11) is 0. The lowest BCUT2D eigenvalue weighted by Crippen LogP contribution is -2.44. The quantitative estimate of drug-likeness (QED) is 0.640. The fourth-order valence-electron chi connectivity index (χ4n) is 2.94. The lowest BCUT2D eigenvalue weighted by atomic mass is 9.80. The Labute approximate surface area is 76.9 Å². The first-order chi connectivity index (χ1) is 5.56. The summed E-state index contributed by atoms with van der Waals surface area (Å²) in [5.41, 5.74) is 0. The molecule has 1 N–H and O–H groups in total. The standard InChI is InChI=1S/C9H13ClO2/c1-5-6-2-3-7(4-6)9(5,10)8(11)12/h5-7H,2-4H2,1H3,(H,11,12)/t5-,6+,7-,9+/m1/s1. The second kappa shape index (κ2) is 2.38. The smallest absolute Gasteiger partial charge is 0.325 e. The molecule has 2 rings (SSSR count). The Hall–Kier alpha value is -0.240. The molecule has 2 fully saturated rings. The first kappa shape index (κ1) is 8.36. The first-order valence-corrected chi connectivity index (χ1v) is 4.87. The second-order valence-electron chi connectivity index (χ2n) is 4.13. The van der Waals surface area contributed by atoms with Gasteiger partial charge in [-0.25, -0.2) is 0 Å². The molecule has 2 bridgehead atoms. The molecule has 3 heteroatoms. The van der Waals surface area contributed by atoms with Crippen LogP contribution in [0.4, 0.5) is 0 Å². The highest BCUT2D eigenvalue weighted by Gasteiger charge is 2.59. The van der Waals surface area contributed by atoms with Crippen molar-refractivity contribution < 1.29 is 9.90 Å². The molecule has 2 aliphatic rings. The highest BCUT2D eigenvalue weighted by atomic mass is 35.5. The molecule has 0 amide bonds. The van der Waals surface area contributed by atoms with E-state index in [2.05, 4.69) is 0 Å². The van der Waals surface area contributed by atoms with Crippen LogP contribution in [0.2, 0.25) is 0 Å². The normalized spacial score (nSPS) is 51.3. The van der Waals surface area contributed by atoms with Crippen LogP contribution in [-0.2, 0) is 4.79 Å². The van der Waals surface area contributed by atoms with Crippen LogP contribution in [0.3, 0.4) is 0 Å². The second-order valence-corrected chi connectivity index (χ2v) is 4.76. The number of rotatable bonds is 1. The van der Waals surface area contributed by atoms with Crippen molar-refractivity contribution in [2.45, 2.75) is 31.1 Å². The molecule has 0 spiro atoms. The van der Waals surface area contributed by atoms with E-state index in [1.54, 1.807) is 0 Å². The summed E-state index contributed by atoms with van der Waals surface area (Å²) < 4.78 is 0. The molecule has 0 radical (unpaired) electrons. The molecular formula is C9H13ClO2. The Morgan fingerprint density at radius 3 is 2.58 bits per heavy atom. The van der Waals surface area contributed by atoms with Crippen LogP contribution in [0.25, 0.3) is 0 Å². The minimum Gasteiger partial charge on any atom is -0.480 e. The summed E-state index contributed by atoms with van der Waals surface area (Å²) in [5.74, 6) is 0.111. The van der Waals surface area contributed by atoms with Gasteiger partial charge in [-0.1, -0.05) is 6.92 Å². The number of hydrogen-bond donors (Lipinski definition) is 1. The summed E-state index contributed by atoms with van der Waals surface area (Å²) >= 11 is 6.15. The number of halogens is 1. The van der Waals surface area contributed by atoms with Gasteiger partial charge < -0.3 is 5.11 Å². The molecule has 68 valence electrons. The first-order valence-electron chi connectivity index (χ1n) is 4.49. The molecule has 0 aliphatic heterocycles. The van der Waals surface area contributed by atoms with Gasteiger partial charge in [0.05, 0.1) is 0 Å². The van der Waals surface area contributed by atoms with Crippen molar-refractivity contribution in [1.82, 2.24) is 0 Å². The molecule has 2 saturated carbocycles. The van der Waals surface area contributed by atoms with Crippen LogP contribution in [-0.4, -0.2) is 16.0 Å². The average molecular weight is 189 g/mol. The van der Waals surface area contributed by atoms with Gasteiger partial charge in [0, 0.05) is 0 Å². The van der Waals surface area contributed by atoms with Crippen LogP contribution in [0.5, 0.6) is 0 Å². The van der Waals surface area contributed by atoms with Gasteiger partial charge in [-0.05, 0) is 37.0 Å². The number of alkyl halides is 1. The van der Waals surface area contributed by atoms with Crippen molar-refractivity contribution in [3.05, 3.63) is 0 Å². The lowest BCUT2D eigenvalue weighted by Gasteiger charge is -2.32. The zero-order valence-corrected chi connectivity index (χ0v) is 7.84. The molecule has 4 atom stereocenters. The third kappa shape index (κ3) is 0.792. The highest BCUT2D eigenvalue weighted by molar-refractivity contribution is 6.34. The van der Waals surface area contributed by atoms with Crippen LogP contribution in [0.1, 0.15) is 26.2 Å². The predicted molar refractivity (Wildman–Crippen MR) is 46.2 cm³/mol. The molecule has 12 heavy (non-hydrogen) atoms. The van der Waals surface area contributed by atoms with Crippen LogP contribution in [0, 0.1) is 17.8 Å². The maximum Gasteiger partial charge on any atom is 0.325 e. The largest absolute Gasteiger partial charge is 0.480 e. The van der Waals surface area contributed by atoms with E-state index in [1.807, 2.05) is 6.92 Å². The molecule has 0 heterocycles. The number of carboxylic acid groups (broad SMARTS) is 1. The van der Waals surface area contributed by atoms with Gasteiger partial charge in [0.1, 0.15) is 4.87 Å². The van der Waals surface area contributed by atoms with Gasteiger partial charge in [0.25, 0.3) is 0 Å². The Morgan fingerprint density at radius 2 is 2.25 bits per heavy atom. The Morgan fingerprint density at radius 1 is 1.58 bits per heavy atom. The van der Waals surface area contributed by atoms with Crippen LogP contribution >= 0.6 is 11.6 Å². The molecule has 0 aromatic carbocycles. The fourth-order valence-corrected chi connectivity index (χ4v) is 3.31. The molecule has 0 aromatic rings. The average Bonchev–Trinajstić information content (AvgIpc) is 2.55. The third-order valence-electron chi connectivity index (χ3n) is 3.76. The molecule has 0 unspecified atom stereocenters. The minimum atomic E-state index is -0.942.